The number of hydrogen-bond acceptors (Lipinski definition) is 7. The van der Waals surface area contributed by atoms with Crippen LogP contribution in [0.3, 0.4) is 0 Å². The highest BCUT2D eigenvalue weighted by Crippen LogP contribution is 2.21. The van der Waals surface area contributed by atoms with E-state index >= 15 is 0 Å². The lowest BCUT2D eigenvalue weighted by Gasteiger charge is -2.19. The fourth-order valence-corrected chi connectivity index (χ4v) is 2.97. The lowest BCUT2D eigenvalue weighted by Crippen LogP contribution is -2.44. The van der Waals surface area contributed by atoms with Crippen LogP contribution in [-0.4, -0.2) is 44.9 Å². The number of pyridine rings is 1. The van der Waals surface area contributed by atoms with Crippen LogP contribution >= 0.6 is 0 Å². The zero-order valence-electron chi connectivity index (χ0n) is 20.1. The molecule has 0 aliphatic carbocycles. The van der Waals surface area contributed by atoms with Gasteiger partial charge in [0, 0.05) is 11.8 Å². The summed E-state index contributed by atoms with van der Waals surface area (Å²) in [5.41, 5.74) is 3.87. The number of ether oxygens (including phenoxy) is 2. The van der Waals surface area contributed by atoms with E-state index in [1.807, 2.05) is 0 Å². The Hall–Kier alpha value is -4.42. The van der Waals surface area contributed by atoms with Gasteiger partial charge in [0.15, 0.2) is 6.61 Å². The number of carbonyl (C=O) groups is 2. The second kappa shape index (κ2) is 11.1. The molecule has 1 aromatic carbocycles. The van der Waals surface area contributed by atoms with Crippen molar-refractivity contribution >= 4 is 12.0 Å². The number of nitrogens with zero attached hydrogens (tertiary/aromatic N) is 3. The molecule has 0 unspecified atom stereocenters. The highest BCUT2D eigenvalue weighted by molar-refractivity contribution is 5.94. The Labute approximate surface area is 209 Å². The van der Waals surface area contributed by atoms with E-state index in [1.54, 1.807) is 51.1 Å². The van der Waals surface area contributed by atoms with Crippen molar-refractivity contribution in [2.45, 2.75) is 39.1 Å². The van der Waals surface area contributed by atoms with Gasteiger partial charge in [-0.05, 0) is 32.9 Å². The third kappa shape index (κ3) is 8.33. The molecule has 0 radical (unpaired) electrons. The molecule has 13 heteroatoms. The molecule has 0 aliphatic rings. The summed E-state index contributed by atoms with van der Waals surface area (Å²) in [6.45, 7) is 3.33. The average molecular weight is 519 g/mol. The first kappa shape index (κ1) is 27.2. The lowest BCUT2D eigenvalue weighted by atomic mass is 10.2. The smallest absolute Gasteiger partial charge is 0.426 e. The van der Waals surface area contributed by atoms with Gasteiger partial charge in [-0.15, -0.1) is 0 Å². The van der Waals surface area contributed by atoms with E-state index in [1.165, 1.54) is 22.9 Å². The van der Waals surface area contributed by atoms with Crippen molar-refractivity contribution in [2.24, 2.45) is 0 Å². The summed E-state index contributed by atoms with van der Waals surface area (Å²) in [5, 5.41) is 0. The maximum atomic E-state index is 12.8. The van der Waals surface area contributed by atoms with Gasteiger partial charge in [0.05, 0.1) is 23.9 Å². The number of aromatic nitrogens is 3. The number of hydrazine groups is 1. The predicted octanol–water partition coefficient (Wildman–Crippen LogP) is 3.46. The van der Waals surface area contributed by atoms with E-state index in [2.05, 4.69) is 25.6 Å². The Morgan fingerprint density at radius 2 is 1.73 bits per heavy atom. The van der Waals surface area contributed by atoms with Gasteiger partial charge < -0.3 is 9.47 Å². The summed E-state index contributed by atoms with van der Waals surface area (Å²) in [5.74, 6) is -1.04. The van der Waals surface area contributed by atoms with Gasteiger partial charge in [0.1, 0.15) is 11.4 Å². The SMILES string of the molecule is CC(C)(C)OC(=O)NNC(=O)c1ccc(Cn2c(-c3ccccc3)nc(OCC(F)(F)F)cc2=O)nc1. The van der Waals surface area contributed by atoms with E-state index in [0.29, 0.717) is 11.3 Å². The first-order valence-electron chi connectivity index (χ1n) is 10.9. The van der Waals surface area contributed by atoms with Gasteiger partial charge in [-0.1, -0.05) is 30.3 Å². The Kier molecular flexibility index (Phi) is 8.15. The average Bonchev–Trinajstić information content (AvgIpc) is 2.82. The largest absolute Gasteiger partial charge is 0.468 e. The van der Waals surface area contributed by atoms with Crippen LogP contribution in [0.1, 0.15) is 36.8 Å². The number of rotatable bonds is 6. The van der Waals surface area contributed by atoms with Gasteiger partial charge in [0.2, 0.25) is 5.88 Å². The van der Waals surface area contributed by atoms with E-state index < -0.39 is 41.8 Å². The van der Waals surface area contributed by atoms with Crippen molar-refractivity contribution in [1.29, 1.82) is 0 Å². The molecule has 3 aromatic rings. The summed E-state index contributed by atoms with van der Waals surface area (Å²) in [4.78, 5) is 45.0. The molecule has 0 atom stereocenters. The van der Waals surface area contributed by atoms with Crippen molar-refractivity contribution in [3.63, 3.8) is 0 Å². The molecule has 10 nitrogen and oxygen atoms in total. The van der Waals surface area contributed by atoms with Gasteiger partial charge in [-0.25, -0.2) is 10.2 Å². The number of halogens is 3. The van der Waals surface area contributed by atoms with Crippen LogP contribution in [0.4, 0.5) is 18.0 Å². The Morgan fingerprint density at radius 1 is 1.03 bits per heavy atom. The second-order valence-electron chi connectivity index (χ2n) is 8.73. The highest BCUT2D eigenvalue weighted by atomic mass is 19.4. The molecule has 0 aliphatic heterocycles. The van der Waals surface area contributed by atoms with Crippen molar-refractivity contribution < 1.29 is 32.2 Å². The van der Waals surface area contributed by atoms with Gasteiger partial charge >= 0.3 is 12.3 Å². The topological polar surface area (TPSA) is 124 Å². The summed E-state index contributed by atoms with van der Waals surface area (Å²) < 4.78 is 48.7. The predicted molar refractivity (Wildman–Crippen MR) is 126 cm³/mol. The Bertz CT molecular complexity index is 1300. The molecule has 0 spiro atoms. The van der Waals surface area contributed by atoms with Crippen LogP contribution in [0.5, 0.6) is 5.88 Å². The summed E-state index contributed by atoms with van der Waals surface area (Å²) >= 11 is 0. The fourth-order valence-electron chi connectivity index (χ4n) is 2.97. The first-order valence-corrected chi connectivity index (χ1v) is 10.9. The molecular formula is C24H24F3N5O5. The van der Waals surface area contributed by atoms with Crippen molar-refractivity contribution in [1.82, 2.24) is 25.4 Å². The Morgan fingerprint density at radius 3 is 2.32 bits per heavy atom. The minimum atomic E-state index is -4.59. The van der Waals surface area contributed by atoms with Crippen LogP contribution in [0.15, 0.2) is 59.5 Å². The molecule has 2 aromatic heterocycles. The van der Waals surface area contributed by atoms with Crippen molar-refractivity contribution in [3.05, 3.63) is 76.3 Å². The lowest BCUT2D eigenvalue weighted by molar-refractivity contribution is -0.154. The maximum absolute atomic E-state index is 12.8. The molecule has 0 fully saturated rings. The van der Waals surface area contributed by atoms with Crippen LogP contribution in [0, 0.1) is 0 Å². The van der Waals surface area contributed by atoms with Crippen LogP contribution in [0.25, 0.3) is 11.4 Å². The second-order valence-corrected chi connectivity index (χ2v) is 8.73. The molecule has 2 amide bonds. The summed E-state index contributed by atoms with van der Waals surface area (Å²) in [6, 6.07) is 12.2. The normalized spacial score (nSPS) is 11.5. The molecule has 37 heavy (non-hydrogen) atoms. The van der Waals surface area contributed by atoms with Gasteiger partial charge in [0.25, 0.3) is 11.5 Å². The number of carbonyl (C=O) groups excluding carboxylic acids is 2. The number of benzene rings is 1. The third-order valence-corrected chi connectivity index (χ3v) is 4.48. The molecule has 3 rings (SSSR count). The number of nitrogens with one attached hydrogen (secondary N) is 2. The molecule has 0 saturated heterocycles. The summed E-state index contributed by atoms with van der Waals surface area (Å²) in [6.07, 6.45) is -4.19. The van der Waals surface area contributed by atoms with Crippen LogP contribution in [-0.2, 0) is 11.3 Å². The third-order valence-electron chi connectivity index (χ3n) is 4.48. The van der Waals surface area contributed by atoms with E-state index in [4.69, 9.17) is 4.74 Å². The van der Waals surface area contributed by atoms with E-state index in [-0.39, 0.29) is 17.9 Å². The van der Waals surface area contributed by atoms with Crippen molar-refractivity contribution in [2.75, 3.05) is 6.61 Å². The molecule has 0 saturated carbocycles. The zero-order chi connectivity index (χ0) is 27.2. The molecule has 2 N–H and O–H groups in total. The zero-order valence-corrected chi connectivity index (χ0v) is 20.1. The summed E-state index contributed by atoms with van der Waals surface area (Å²) in [7, 11) is 0. The fraction of sp³-hybridized carbons (Fsp3) is 0.292. The standard InChI is InChI=1S/C24H24F3N5O5/c1-23(2,3)37-22(35)31-30-21(34)16-9-10-17(28-12-16)13-32-19(33)11-18(36-14-24(25,26)27)29-20(32)15-7-5-4-6-8-15/h4-12H,13-14H2,1-3H3,(H,30,34)(H,31,35). The Balaban J connectivity index is 1.79. The highest BCUT2D eigenvalue weighted by Gasteiger charge is 2.29. The maximum Gasteiger partial charge on any atom is 0.426 e. The minimum absolute atomic E-state index is 0.0791. The quantitative estimate of drug-likeness (QED) is 0.478. The van der Waals surface area contributed by atoms with Crippen LogP contribution < -0.4 is 21.1 Å². The number of amides is 2. The van der Waals surface area contributed by atoms with Gasteiger partial charge in [-0.2, -0.15) is 18.2 Å². The van der Waals surface area contributed by atoms with Gasteiger partial charge in [-0.3, -0.25) is 24.6 Å². The number of hydrogen-bond donors (Lipinski definition) is 2. The molecular weight excluding hydrogens is 495 g/mol. The number of alkyl halides is 3. The molecule has 2 heterocycles. The van der Waals surface area contributed by atoms with E-state index in [0.717, 1.165) is 6.07 Å². The molecule has 196 valence electrons. The monoisotopic (exact) mass is 519 g/mol. The molecule has 0 bridgehead atoms. The van der Waals surface area contributed by atoms with Crippen LogP contribution in [0.2, 0.25) is 0 Å². The van der Waals surface area contributed by atoms with Crippen molar-refractivity contribution in [3.8, 4) is 17.3 Å². The van der Waals surface area contributed by atoms with E-state index in [9.17, 15) is 27.6 Å². The first-order chi connectivity index (χ1) is 17.3. The minimum Gasteiger partial charge on any atom is -0.468 e.